The summed E-state index contributed by atoms with van der Waals surface area (Å²) in [6.07, 6.45) is -3.26. The van der Waals surface area contributed by atoms with Crippen LogP contribution in [-0.4, -0.2) is 17.7 Å². The van der Waals surface area contributed by atoms with Gasteiger partial charge in [0, 0.05) is 11.1 Å². The second-order valence-corrected chi connectivity index (χ2v) is 4.73. The first kappa shape index (κ1) is 14.4. The molecule has 0 saturated carbocycles. The highest BCUT2D eigenvalue weighted by Gasteiger charge is 2.35. The van der Waals surface area contributed by atoms with Crippen molar-refractivity contribution >= 4 is 11.3 Å². The minimum absolute atomic E-state index is 0.0131. The van der Waals surface area contributed by atoms with Crippen LogP contribution in [0, 0.1) is 0 Å². The van der Waals surface area contributed by atoms with Crippen LogP contribution in [0.5, 0.6) is 0 Å². The van der Waals surface area contributed by atoms with Crippen molar-refractivity contribution in [1.82, 2.24) is 10.4 Å². The molecular formula is C9H14F3N3OS. The van der Waals surface area contributed by atoms with Crippen molar-refractivity contribution in [3.8, 4) is 0 Å². The Bertz CT molecular complexity index is 354. The topological polar surface area (TPSA) is 60.2 Å². The molecule has 0 bridgehead atoms. The predicted octanol–water partition coefficient (Wildman–Crippen LogP) is 2.09. The Kier molecular flexibility index (Phi) is 4.87. The van der Waals surface area contributed by atoms with Gasteiger partial charge in [-0.05, 0) is 13.8 Å². The van der Waals surface area contributed by atoms with Crippen LogP contribution in [0.1, 0.15) is 29.8 Å². The van der Waals surface area contributed by atoms with Crippen molar-refractivity contribution in [2.75, 3.05) is 6.61 Å². The fraction of sp³-hybridized carbons (Fsp3) is 0.667. The maximum atomic E-state index is 12.3. The molecule has 3 N–H and O–H groups in total. The molecule has 1 unspecified atom stereocenters. The Morgan fingerprint density at radius 3 is 2.59 bits per heavy atom. The maximum absolute atomic E-state index is 12.3. The zero-order valence-electron chi connectivity index (χ0n) is 9.41. The van der Waals surface area contributed by atoms with Gasteiger partial charge in [-0.2, -0.15) is 13.2 Å². The first-order valence-corrected chi connectivity index (χ1v) is 5.77. The van der Waals surface area contributed by atoms with Gasteiger partial charge in [-0.3, -0.25) is 5.84 Å². The highest BCUT2D eigenvalue weighted by atomic mass is 32.1. The van der Waals surface area contributed by atoms with Crippen LogP contribution in [0.25, 0.3) is 0 Å². The van der Waals surface area contributed by atoms with Gasteiger partial charge in [0.15, 0.2) is 5.01 Å². The number of hydrogen-bond donors (Lipinski definition) is 2. The molecular weight excluding hydrogens is 255 g/mol. The van der Waals surface area contributed by atoms with E-state index in [9.17, 15) is 13.2 Å². The molecule has 0 saturated heterocycles. The highest BCUT2D eigenvalue weighted by Crippen LogP contribution is 2.34. The Morgan fingerprint density at radius 2 is 2.18 bits per heavy atom. The fourth-order valence-electron chi connectivity index (χ4n) is 1.08. The monoisotopic (exact) mass is 269 g/mol. The van der Waals surface area contributed by atoms with Crippen molar-refractivity contribution in [3.63, 3.8) is 0 Å². The van der Waals surface area contributed by atoms with E-state index in [4.69, 9.17) is 10.6 Å². The zero-order valence-corrected chi connectivity index (χ0v) is 10.2. The van der Waals surface area contributed by atoms with E-state index in [1.54, 1.807) is 0 Å². The lowest BCUT2D eigenvalue weighted by Gasteiger charge is -2.15. The van der Waals surface area contributed by atoms with E-state index in [0.717, 1.165) is 0 Å². The molecule has 1 rings (SSSR count). The molecule has 17 heavy (non-hydrogen) atoms. The number of thiazole rings is 1. The lowest BCUT2D eigenvalue weighted by Crippen LogP contribution is -2.31. The summed E-state index contributed by atoms with van der Waals surface area (Å²) in [6.45, 7) is 3.87. The van der Waals surface area contributed by atoms with Gasteiger partial charge in [-0.1, -0.05) is 0 Å². The molecule has 0 spiro atoms. The third-order valence-electron chi connectivity index (χ3n) is 1.91. The van der Waals surface area contributed by atoms with Gasteiger partial charge in [-0.25, -0.2) is 10.4 Å². The molecule has 0 aliphatic heterocycles. The number of hydrazine groups is 1. The number of nitrogens with two attached hydrogens (primary N) is 1. The second kappa shape index (κ2) is 5.76. The molecule has 98 valence electrons. The molecule has 8 heteroatoms. The summed E-state index contributed by atoms with van der Waals surface area (Å²) < 4.78 is 42.3. The van der Waals surface area contributed by atoms with Crippen LogP contribution in [0.2, 0.25) is 0 Å². The summed E-state index contributed by atoms with van der Waals surface area (Å²) in [5.41, 5.74) is 2.42. The summed E-state index contributed by atoms with van der Waals surface area (Å²) in [6, 6.07) is -0.481. The molecule has 0 radical (unpaired) electrons. The molecule has 0 aromatic carbocycles. The van der Waals surface area contributed by atoms with Gasteiger partial charge >= 0.3 is 6.18 Å². The van der Waals surface area contributed by atoms with Crippen LogP contribution >= 0.6 is 11.3 Å². The van der Waals surface area contributed by atoms with Crippen LogP contribution in [0.3, 0.4) is 0 Å². The first-order chi connectivity index (χ1) is 7.84. The number of ether oxygens (including phenoxy) is 1. The number of rotatable bonds is 5. The molecule has 0 aliphatic carbocycles. The van der Waals surface area contributed by atoms with Crippen molar-refractivity contribution in [2.45, 2.75) is 32.2 Å². The maximum Gasteiger partial charge on any atom is 0.443 e. The summed E-state index contributed by atoms with van der Waals surface area (Å²) in [5, 5.41) is -0.878. The number of alkyl halides is 3. The van der Waals surface area contributed by atoms with Gasteiger partial charge < -0.3 is 4.74 Å². The van der Waals surface area contributed by atoms with Gasteiger partial charge in [0.2, 0.25) is 0 Å². The normalized spacial score (nSPS) is 14.3. The van der Waals surface area contributed by atoms with Gasteiger partial charge in [0.05, 0.1) is 18.8 Å². The van der Waals surface area contributed by atoms with E-state index in [-0.39, 0.29) is 12.7 Å². The van der Waals surface area contributed by atoms with Crippen LogP contribution in [0.15, 0.2) is 6.20 Å². The Morgan fingerprint density at radius 1 is 1.53 bits per heavy atom. The van der Waals surface area contributed by atoms with Crippen LogP contribution in [-0.2, 0) is 10.9 Å². The molecule has 1 aromatic heterocycles. The SMILES string of the molecule is CC(C)OCC(NN)c1cnc(C(F)(F)F)s1. The summed E-state index contributed by atoms with van der Waals surface area (Å²) in [4.78, 5) is 3.73. The third-order valence-corrected chi connectivity index (χ3v) is 3.06. The summed E-state index contributed by atoms with van der Waals surface area (Å²) in [7, 11) is 0. The Labute approximate surface area is 101 Å². The molecule has 1 aromatic rings. The highest BCUT2D eigenvalue weighted by molar-refractivity contribution is 7.11. The number of nitrogens with one attached hydrogen (secondary N) is 1. The lowest BCUT2D eigenvalue weighted by molar-refractivity contribution is -0.137. The summed E-state index contributed by atoms with van der Waals surface area (Å²) >= 11 is 0.566. The minimum atomic E-state index is -4.42. The molecule has 0 aliphatic rings. The van der Waals surface area contributed by atoms with Crippen molar-refractivity contribution in [1.29, 1.82) is 0 Å². The molecule has 1 heterocycles. The fourth-order valence-corrected chi connectivity index (χ4v) is 1.91. The van der Waals surface area contributed by atoms with E-state index in [0.29, 0.717) is 16.2 Å². The number of nitrogens with zero attached hydrogens (tertiary/aromatic N) is 1. The number of aromatic nitrogens is 1. The Hall–Kier alpha value is -0.700. The van der Waals surface area contributed by atoms with Crippen molar-refractivity contribution in [2.24, 2.45) is 5.84 Å². The number of hydrogen-bond acceptors (Lipinski definition) is 5. The van der Waals surface area contributed by atoms with Crippen molar-refractivity contribution in [3.05, 3.63) is 16.1 Å². The molecule has 0 amide bonds. The lowest BCUT2D eigenvalue weighted by atomic mass is 10.3. The second-order valence-electron chi connectivity index (χ2n) is 3.67. The molecule has 4 nitrogen and oxygen atoms in total. The van der Waals surface area contributed by atoms with E-state index in [1.165, 1.54) is 6.20 Å². The van der Waals surface area contributed by atoms with Gasteiger partial charge in [0.25, 0.3) is 0 Å². The van der Waals surface area contributed by atoms with E-state index in [2.05, 4.69) is 10.4 Å². The first-order valence-electron chi connectivity index (χ1n) is 4.95. The minimum Gasteiger partial charge on any atom is -0.377 e. The average molecular weight is 269 g/mol. The largest absolute Gasteiger partial charge is 0.443 e. The molecule has 0 fully saturated rings. The van der Waals surface area contributed by atoms with E-state index >= 15 is 0 Å². The van der Waals surface area contributed by atoms with Crippen molar-refractivity contribution < 1.29 is 17.9 Å². The zero-order chi connectivity index (χ0) is 13.1. The molecule has 1 atom stereocenters. The predicted molar refractivity (Wildman–Crippen MR) is 58.3 cm³/mol. The van der Waals surface area contributed by atoms with Gasteiger partial charge in [-0.15, -0.1) is 11.3 Å². The smallest absolute Gasteiger partial charge is 0.377 e. The average Bonchev–Trinajstić information content (AvgIpc) is 2.67. The Balaban J connectivity index is 2.72. The third kappa shape index (κ3) is 4.23. The van der Waals surface area contributed by atoms with Gasteiger partial charge in [0.1, 0.15) is 0 Å². The van der Waals surface area contributed by atoms with E-state index < -0.39 is 17.2 Å². The van der Waals surface area contributed by atoms with E-state index in [1.807, 2.05) is 13.8 Å². The standard InChI is InChI=1S/C9H14F3N3OS/c1-5(2)16-4-6(15-13)7-3-14-8(17-7)9(10,11)12/h3,5-6,15H,4,13H2,1-2H3. The van der Waals surface area contributed by atoms with Crippen LogP contribution in [0.4, 0.5) is 13.2 Å². The number of halogens is 3. The summed E-state index contributed by atoms with van der Waals surface area (Å²) in [5.74, 6) is 5.28. The van der Waals surface area contributed by atoms with Crippen LogP contribution < -0.4 is 11.3 Å². The quantitative estimate of drug-likeness (QED) is 0.634.